The molecule has 0 radical (unpaired) electrons. The SMILES string of the molecule is CS(=O)(=O)CCCC(N)c1cc2c(s1)CCC2. The molecule has 3 nitrogen and oxygen atoms in total. The number of rotatable bonds is 5. The van der Waals surface area contributed by atoms with Gasteiger partial charge in [-0.25, -0.2) is 8.42 Å². The van der Waals surface area contributed by atoms with Crippen molar-refractivity contribution in [2.24, 2.45) is 5.73 Å². The van der Waals surface area contributed by atoms with Gasteiger partial charge in [0.15, 0.2) is 0 Å². The van der Waals surface area contributed by atoms with Crippen molar-refractivity contribution >= 4 is 21.2 Å². The van der Waals surface area contributed by atoms with E-state index in [4.69, 9.17) is 5.73 Å². The summed E-state index contributed by atoms with van der Waals surface area (Å²) >= 11 is 1.81. The molecule has 0 amide bonds. The summed E-state index contributed by atoms with van der Waals surface area (Å²) in [5.41, 5.74) is 7.56. The Morgan fingerprint density at radius 3 is 2.88 bits per heavy atom. The number of hydrogen-bond donors (Lipinski definition) is 1. The Balaban J connectivity index is 1.89. The highest BCUT2D eigenvalue weighted by Crippen LogP contribution is 2.34. The van der Waals surface area contributed by atoms with Crippen molar-refractivity contribution in [1.29, 1.82) is 0 Å². The molecule has 0 spiro atoms. The van der Waals surface area contributed by atoms with E-state index in [1.54, 1.807) is 0 Å². The summed E-state index contributed by atoms with van der Waals surface area (Å²) in [4.78, 5) is 2.71. The lowest BCUT2D eigenvalue weighted by molar-refractivity contribution is 0.589. The molecule has 0 fully saturated rings. The third-order valence-electron chi connectivity index (χ3n) is 3.16. The lowest BCUT2D eigenvalue weighted by Gasteiger charge is -2.08. The molecule has 1 atom stereocenters. The Morgan fingerprint density at radius 2 is 2.24 bits per heavy atom. The maximum atomic E-state index is 11.0. The second-order valence-electron chi connectivity index (χ2n) is 4.83. The molecule has 0 saturated carbocycles. The number of nitrogens with two attached hydrogens (primary N) is 1. The van der Waals surface area contributed by atoms with Crippen molar-refractivity contribution in [3.05, 3.63) is 21.4 Å². The molecular weight excluding hydrogens is 254 g/mol. The molecule has 1 unspecified atom stereocenters. The fourth-order valence-corrected chi connectivity index (χ4v) is 4.23. The van der Waals surface area contributed by atoms with Gasteiger partial charge in [0.25, 0.3) is 0 Å². The lowest BCUT2D eigenvalue weighted by atomic mass is 10.1. The molecule has 1 heterocycles. The maximum absolute atomic E-state index is 11.0. The summed E-state index contributed by atoms with van der Waals surface area (Å²) in [6.45, 7) is 0. The first-order chi connectivity index (χ1) is 7.96. The third kappa shape index (κ3) is 3.53. The minimum atomic E-state index is -2.85. The smallest absolute Gasteiger partial charge is 0.147 e. The van der Waals surface area contributed by atoms with Crippen LogP contribution in [0.15, 0.2) is 6.07 Å². The molecule has 1 aromatic rings. The van der Waals surface area contributed by atoms with Crippen LogP contribution in [0.4, 0.5) is 0 Å². The van der Waals surface area contributed by atoms with Gasteiger partial charge in [0, 0.05) is 27.8 Å². The summed E-state index contributed by atoms with van der Waals surface area (Å²) < 4.78 is 22.0. The van der Waals surface area contributed by atoms with E-state index in [1.807, 2.05) is 11.3 Å². The van der Waals surface area contributed by atoms with E-state index in [-0.39, 0.29) is 11.8 Å². The van der Waals surface area contributed by atoms with Crippen LogP contribution >= 0.6 is 11.3 Å². The topological polar surface area (TPSA) is 60.2 Å². The summed E-state index contributed by atoms with van der Waals surface area (Å²) in [6, 6.07) is 2.23. The predicted molar refractivity (Wildman–Crippen MR) is 72.2 cm³/mol. The molecular formula is C12H19NO2S2. The van der Waals surface area contributed by atoms with Gasteiger partial charge in [-0.15, -0.1) is 11.3 Å². The van der Waals surface area contributed by atoms with Crippen LogP contribution in [0.2, 0.25) is 0 Å². The zero-order chi connectivity index (χ0) is 12.5. The van der Waals surface area contributed by atoms with E-state index < -0.39 is 9.84 Å². The van der Waals surface area contributed by atoms with Crippen LogP contribution < -0.4 is 5.73 Å². The van der Waals surface area contributed by atoms with Crippen LogP contribution in [0.5, 0.6) is 0 Å². The van der Waals surface area contributed by atoms with Gasteiger partial charge >= 0.3 is 0 Å². The lowest BCUT2D eigenvalue weighted by Crippen LogP contribution is -2.11. The van der Waals surface area contributed by atoms with Crippen molar-refractivity contribution in [1.82, 2.24) is 0 Å². The largest absolute Gasteiger partial charge is 0.323 e. The van der Waals surface area contributed by atoms with Gasteiger partial charge in [-0.05, 0) is 43.7 Å². The van der Waals surface area contributed by atoms with E-state index in [9.17, 15) is 8.42 Å². The highest BCUT2D eigenvalue weighted by molar-refractivity contribution is 7.90. The van der Waals surface area contributed by atoms with E-state index >= 15 is 0 Å². The fourth-order valence-electron chi connectivity index (χ4n) is 2.24. The first kappa shape index (κ1) is 13.1. The molecule has 17 heavy (non-hydrogen) atoms. The number of sulfone groups is 1. The zero-order valence-corrected chi connectivity index (χ0v) is 11.7. The zero-order valence-electron chi connectivity index (χ0n) is 10.1. The van der Waals surface area contributed by atoms with Crippen molar-refractivity contribution in [3.63, 3.8) is 0 Å². The Hall–Kier alpha value is -0.390. The average molecular weight is 273 g/mol. The summed E-state index contributed by atoms with van der Waals surface area (Å²) in [7, 11) is -2.85. The van der Waals surface area contributed by atoms with Crippen molar-refractivity contribution in [2.75, 3.05) is 12.0 Å². The van der Waals surface area contributed by atoms with Gasteiger partial charge < -0.3 is 5.73 Å². The molecule has 96 valence electrons. The maximum Gasteiger partial charge on any atom is 0.147 e. The first-order valence-electron chi connectivity index (χ1n) is 6.00. The Labute approximate surface area is 107 Å². The van der Waals surface area contributed by atoms with Crippen LogP contribution in [-0.4, -0.2) is 20.4 Å². The van der Waals surface area contributed by atoms with Gasteiger partial charge in [-0.3, -0.25) is 0 Å². The van der Waals surface area contributed by atoms with E-state index in [1.165, 1.54) is 40.8 Å². The van der Waals surface area contributed by atoms with Crippen molar-refractivity contribution < 1.29 is 8.42 Å². The first-order valence-corrected chi connectivity index (χ1v) is 8.88. The summed E-state index contributed by atoms with van der Waals surface area (Å²) in [5.74, 6) is 0.242. The normalized spacial score (nSPS) is 17.1. The van der Waals surface area contributed by atoms with E-state index in [0.717, 1.165) is 6.42 Å². The highest BCUT2D eigenvalue weighted by atomic mass is 32.2. The van der Waals surface area contributed by atoms with Gasteiger partial charge in [0.2, 0.25) is 0 Å². The molecule has 1 aliphatic rings. The molecule has 2 N–H and O–H groups in total. The minimum absolute atomic E-state index is 0.00681. The second kappa shape index (κ2) is 5.08. The molecule has 0 bridgehead atoms. The van der Waals surface area contributed by atoms with E-state index in [2.05, 4.69) is 6.07 Å². The molecule has 1 aliphatic carbocycles. The monoisotopic (exact) mass is 273 g/mol. The molecule has 0 aliphatic heterocycles. The molecule has 0 aromatic carbocycles. The van der Waals surface area contributed by atoms with Crippen LogP contribution in [-0.2, 0) is 22.7 Å². The van der Waals surface area contributed by atoms with Crippen LogP contribution in [0.3, 0.4) is 0 Å². The number of aryl methyl sites for hydroxylation is 2. The number of hydrogen-bond acceptors (Lipinski definition) is 4. The van der Waals surface area contributed by atoms with Crippen LogP contribution in [0.25, 0.3) is 0 Å². The average Bonchev–Trinajstić information content (AvgIpc) is 2.73. The van der Waals surface area contributed by atoms with Crippen molar-refractivity contribution in [3.8, 4) is 0 Å². The van der Waals surface area contributed by atoms with Crippen molar-refractivity contribution in [2.45, 2.75) is 38.1 Å². The minimum Gasteiger partial charge on any atom is -0.323 e. The third-order valence-corrected chi connectivity index (χ3v) is 5.56. The van der Waals surface area contributed by atoms with Crippen LogP contribution in [0, 0.1) is 0 Å². The van der Waals surface area contributed by atoms with E-state index in [0.29, 0.717) is 6.42 Å². The van der Waals surface area contributed by atoms with Gasteiger partial charge in [0.05, 0.1) is 0 Å². The van der Waals surface area contributed by atoms with Crippen LogP contribution in [0.1, 0.15) is 40.6 Å². The van der Waals surface area contributed by atoms with Gasteiger partial charge in [-0.1, -0.05) is 0 Å². The fraction of sp³-hybridized carbons (Fsp3) is 0.667. The summed E-state index contributed by atoms with van der Waals surface area (Å²) in [6.07, 6.45) is 6.33. The quantitative estimate of drug-likeness (QED) is 0.893. The Morgan fingerprint density at radius 1 is 1.47 bits per heavy atom. The Bertz CT molecular complexity index is 469. The highest BCUT2D eigenvalue weighted by Gasteiger charge is 2.18. The molecule has 0 saturated heterocycles. The van der Waals surface area contributed by atoms with Gasteiger partial charge in [-0.2, -0.15) is 0 Å². The number of thiophene rings is 1. The molecule has 1 aromatic heterocycles. The number of fused-ring (bicyclic) bond motifs is 1. The standard InChI is InChI=1S/C12H19NO2S2/c1-17(14,15)7-3-5-10(13)12-8-9-4-2-6-11(9)16-12/h8,10H,2-7,13H2,1H3. The van der Waals surface area contributed by atoms with Gasteiger partial charge in [0.1, 0.15) is 9.84 Å². The Kier molecular flexibility index (Phi) is 3.90. The molecule has 2 rings (SSSR count). The molecule has 5 heteroatoms. The summed E-state index contributed by atoms with van der Waals surface area (Å²) in [5, 5.41) is 0. The second-order valence-corrected chi connectivity index (χ2v) is 8.26. The predicted octanol–water partition coefficient (Wildman–Crippen LogP) is 2.06.